The zero-order valence-corrected chi connectivity index (χ0v) is 10.3. The minimum Gasteiger partial charge on any atom is -0.343 e. The summed E-state index contributed by atoms with van der Waals surface area (Å²) in [6.07, 6.45) is 0. The highest BCUT2D eigenvalue weighted by molar-refractivity contribution is 5.81. The van der Waals surface area contributed by atoms with Gasteiger partial charge < -0.3 is 10.2 Å². The molecule has 0 radical (unpaired) electrons. The molecule has 0 aromatic heterocycles. The molecule has 2 unspecified atom stereocenters. The molecule has 1 fully saturated rings. The number of nitrogens with one attached hydrogen (secondary N) is 1. The van der Waals surface area contributed by atoms with Crippen molar-refractivity contribution in [3.8, 4) is 0 Å². The van der Waals surface area contributed by atoms with E-state index in [1.807, 2.05) is 25.9 Å². The summed E-state index contributed by atoms with van der Waals surface area (Å²) in [5.74, 6) is 0.839. The van der Waals surface area contributed by atoms with E-state index < -0.39 is 0 Å². The van der Waals surface area contributed by atoms with Crippen molar-refractivity contribution in [2.24, 2.45) is 5.92 Å². The van der Waals surface area contributed by atoms with Crippen molar-refractivity contribution in [3.05, 3.63) is 0 Å². The van der Waals surface area contributed by atoms with Gasteiger partial charge in [0.25, 0.3) is 0 Å². The first-order valence-electron chi connectivity index (χ1n) is 5.70. The van der Waals surface area contributed by atoms with E-state index in [0.29, 0.717) is 5.92 Å². The van der Waals surface area contributed by atoms with Crippen LogP contribution < -0.4 is 5.32 Å². The summed E-state index contributed by atoms with van der Waals surface area (Å²) in [7, 11) is 3.85. The van der Waals surface area contributed by atoms with Gasteiger partial charge in [0.15, 0.2) is 0 Å². The van der Waals surface area contributed by atoms with Gasteiger partial charge in [-0.25, -0.2) is 0 Å². The molecule has 1 heterocycles. The standard InChI is InChI=1S/C11H23N3O/c1-9(7-12-3)8-14-6-5-13(4)11(15)10(14)2/h9-10,12H,5-8H2,1-4H3. The fraction of sp³-hybridized carbons (Fsp3) is 0.909. The van der Waals surface area contributed by atoms with Gasteiger partial charge in [-0.2, -0.15) is 0 Å². The van der Waals surface area contributed by atoms with Crippen LogP contribution in [-0.4, -0.2) is 62.0 Å². The SMILES string of the molecule is CNCC(C)CN1CCN(C)C(=O)C1C. The van der Waals surface area contributed by atoms with Crippen LogP contribution in [0.25, 0.3) is 0 Å². The molecular formula is C11H23N3O. The van der Waals surface area contributed by atoms with Crippen LogP contribution in [0.5, 0.6) is 0 Å². The number of hydrogen-bond acceptors (Lipinski definition) is 3. The third-order valence-corrected chi connectivity index (χ3v) is 3.10. The monoisotopic (exact) mass is 213 g/mol. The molecule has 1 aliphatic rings. The fourth-order valence-corrected chi connectivity index (χ4v) is 2.12. The number of likely N-dealkylation sites (N-methyl/N-ethyl adjacent to an activating group) is 1. The average molecular weight is 213 g/mol. The summed E-state index contributed by atoms with van der Waals surface area (Å²) >= 11 is 0. The normalized spacial score (nSPS) is 25.7. The maximum atomic E-state index is 11.7. The molecule has 0 bridgehead atoms. The second-order valence-corrected chi connectivity index (χ2v) is 4.59. The lowest BCUT2D eigenvalue weighted by Crippen LogP contribution is -2.55. The highest BCUT2D eigenvalue weighted by Gasteiger charge is 2.29. The topological polar surface area (TPSA) is 35.6 Å². The first-order valence-corrected chi connectivity index (χ1v) is 5.70. The second-order valence-electron chi connectivity index (χ2n) is 4.59. The van der Waals surface area contributed by atoms with Crippen LogP contribution in [0.1, 0.15) is 13.8 Å². The molecule has 88 valence electrons. The highest BCUT2D eigenvalue weighted by atomic mass is 16.2. The first-order chi connectivity index (χ1) is 7.06. The Morgan fingerprint density at radius 3 is 2.80 bits per heavy atom. The zero-order valence-electron chi connectivity index (χ0n) is 10.3. The summed E-state index contributed by atoms with van der Waals surface area (Å²) in [5.41, 5.74) is 0. The maximum Gasteiger partial charge on any atom is 0.239 e. The van der Waals surface area contributed by atoms with Crippen LogP contribution in [0.3, 0.4) is 0 Å². The van der Waals surface area contributed by atoms with Gasteiger partial charge in [-0.15, -0.1) is 0 Å². The van der Waals surface area contributed by atoms with Crippen LogP contribution >= 0.6 is 0 Å². The van der Waals surface area contributed by atoms with Crippen molar-refractivity contribution in [2.75, 3.05) is 40.3 Å². The summed E-state index contributed by atoms with van der Waals surface area (Å²) < 4.78 is 0. The molecule has 2 atom stereocenters. The Hall–Kier alpha value is -0.610. The van der Waals surface area contributed by atoms with Gasteiger partial charge in [0, 0.05) is 26.7 Å². The van der Waals surface area contributed by atoms with Crippen molar-refractivity contribution >= 4 is 5.91 Å². The summed E-state index contributed by atoms with van der Waals surface area (Å²) in [4.78, 5) is 15.8. The number of carbonyl (C=O) groups is 1. The van der Waals surface area contributed by atoms with Gasteiger partial charge in [0.05, 0.1) is 6.04 Å². The van der Waals surface area contributed by atoms with Gasteiger partial charge in [0.1, 0.15) is 0 Å². The Morgan fingerprint density at radius 1 is 1.53 bits per heavy atom. The van der Waals surface area contributed by atoms with Gasteiger partial charge in [0.2, 0.25) is 5.91 Å². The molecule has 1 aliphatic heterocycles. The van der Waals surface area contributed by atoms with Crippen LogP contribution in [0.4, 0.5) is 0 Å². The molecule has 1 saturated heterocycles. The van der Waals surface area contributed by atoms with Crippen molar-refractivity contribution in [2.45, 2.75) is 19.9 Å². The van der Waals surface area contributed by atoms with Crippen LogP contribution in [-0.2, 0) is 4.79 Å². The molecule has 0 aromatic rings. The Bertz CT molecular complexity index is 220. The smallest absolute Gasteiger partial charge is 0.239 e. The summed E-state index contributed by atoms with van der Waals surface area (Å²) in [6.45, 7) is 8.08. The molecule has 0 spiro atoms. The minimum absolute atomic E-state index is 0.0445. The van der Waals surface area contributed by atoms with E-state index >= 15 is 0 Å². The van der Waals surface area contributed by atoms with E-state index in [2.05, 4.69) is 17.1 Å². The lowest BCUT2D eigenvalue weighted by atomic mass is 10.1. The number of amides is 1. The molecule has 1 rings (SSSR count). The Balaban J connectivity index is 2.45. The van der Waals surface area contributed by atoms with E-state index in [9.17, 15) is 4.79 Å². The predicted molar refractivity (Wildman–Crippen MR) is 61.8 cm³/mol. The molecule has 15 heavy (non-hydrogen) atoms. The van der Waals surface area contributed by atoms with E-state index in [0.717, 1.165) is 26.2 Å². The fourth-order valence-electron chi connectivity index (χ4n) is 2.12. The van der Waals surface area contributed by atoms with Crippen molar-refractivity contribution < 1.29 is 4.79 Å². The molecular weight excluding hydrogens is 190 g/mol. The van der Waals surface area contributed by atoms with Gasteiger partial charge in [-0.3, -0.25) is 9.69 Å². The van der Waals surface area contributed by atoms with Gasteiger partial charge >= 0.3 is 0 Å². The van der Waals surface area contributed by atoms with Crippen molar-refractivity contribution in [1.29, 1.82) is 0 Å². The summed E-state index contributed by atoms with van der Waals surface area (Å²) in [6, 6.07) is 0.0445. The minimum atomic E-state index is 0.0445. The molecule has 1 N–H and O–H groups in total. The maximum absolute atomic E-state index is 11.7. The molecule has 0 aliphatic carbocycles. The third kappa shape index (κ3) is 3.18. The van der Waals surface area contributed by atoms with Crippen LogP contribution in [0, 0.1) is 5.92 Å². The number of rotatable bonds is 4. The third-order valence-electron chi connectivity index (χ3n) is 3.10. The largest absolute Gasteiger partial charge is 0.343 e. The Kier molecular flexibility index (Phi) is 4.54. The van der Waals surface area contributed by atoms with Gasteiger partial charge in [-0.1, -0.05) is 6.92 Å². The van der Waals surface area contributed by atoms with E-state index in [-0.39, 0.29) is 11.9 Å². The lowest BCUT2D eigenvalue weighted by molar-refractivity contribution is -0.139. The predicted octanol–water partition coefficient (Wildman–Crippen LogP) is 0.00440. The quantitative estimate of drug-likeness (QED) is 0.714. The number of carbonyl (C=O) groups excluding carboxylic acids is 1. The zero-order chi connectivity index (χ0) is 11.4. The highest BCUT2D eigenvalue weighted by Crippen LogP contribution is 2.11. The first kappa shape index (κ1) is 12.5. The van der Waals surface area contributed by atoms with Crippen molar-refractivity contribution in [3.63, 3.8) is 0 Å². The van der Waals surface area contributed by atoms with E-state index in [1.165, 1.54) is 0 Å². The summed E-state index contributed by atoms with van der Waals surface area (Å²) in [5, 5.41) is 3.17. The van der Waals surface area contributed by atoms with Gasteiger partial charge in [-0.05, 0) is 26.4 Å². The number of piperazine rings is 1. The lowest BCUT2D eigenvalue weighted by Gasteiger charge is -2.38. The van der Waals surface area contributed by atoms with E-state index in [4.69, 9.17) is 0 Å². The number of nitrogens with zero attached hydrogens (tertiary/aromatic N) is 2. The number of hydrogen-bond donors (Lipinski definition) is 1. The Labute approximate surface area is 92.6 Å². The molecule has 1 amide bonds. The Morgan fingerprint density at radius 2 is 2.20 bits per heavy atom. The molecule has 0 aromatic carbocycles. The van der Waals surface area contributed by atoms with Crippen LogP contribution in [0.2, 0.25) is 0 Å². The molecule has 4 heteroatoms. The second kappa shape index (κ2) is 5.47. The molecule has 4 nitrogen and oxygen atoms in total. The molecule has 0 saturated carbocycles. The van der Waals surface area contributed by atoms with Crippen molar-refractivity contribution in [1.82, 2.24) is 15.1 Å². The van der Waals surface area contributed by atoms with E-state index in [1.54, 1.807) is 0 Å². The van der Waals surface area contributed by atoms with Crippen LogP contribution in [0.15, 0.2) is 0 Å². The average Bonchev–Trinajstić information content (AvgIpc) is 2.20.